The molecule has 1 aliphatic rings. The molecule has 2 aromatic heterocycles. The zero-order valence-corrected chi connectivity index (χ0v) is 21.7. The third-order valence-electron chi connectivity index (χ3n) is 6.34. The van der Waals surface area contributed by atoms with E-state index in [0.29, 0.717) is 23.9 Å². The van der Waals surface area contributed by atoms with E-state index in [9.17, 15) is 35.1 Å². The minimum absolute atomic E-state index is 0.000184. The predicted octanol–water partition coefficient (Wildman–Crippen LogP) is 7.59. The number of hydrazone groups is 1. The Morgan fingerprint density at radius 3 is 2.43 bits per heavy atom. The second kappa shape index (κ2) is 11.1. The molecule has 0 amide bonds. The Morgan fingerprint density at radius 2 is 1.71 bits per heavy atom. The average Bonchev–Trinajstić information content (AvgIpc) is 3.35. The van der Waals surface area contributed by atoms with Gasteiger partial charge in [0.25, 0.3) is 0 Å². The highest BCUT2D eigenvalue weighted by Gasteiger charge is 2.40. The van der Waals surface area contributed by atoms with Crippen LogP contribution in [0.15, 0.2) is 53.8 Å². The molecule has 0 fully saturated rings. The minimum atomic E-state index is -5.02. The monoisotopic (exact) mass is 595 g/mol. The van der Waals surface area contributed by atoms with E-state index in [1.807, 2.05) is 0 Å². The van der Waals surface area contributed by atoms with Gasteiger partial charge in [-0.1, -0.05) is 13.0 Å². The van der Waals surface area contributed by atoms with E-state index in [4.69, 9.17) is 4.74 Å². The molecule has 0 bridgehead atoms. The van der Waals surface area contributed by atoms with Crippen molar-refractivity contribution in [2.24, 2.45) is 5.10 Å². The molecule has 42 heavy (non-hydrogen) atoms. The first-order valence-electron chi connectivity index (χ1n) is 12.6. The van der Waals surface area contributed by atoms with Crippen molar-refractivity contribution in [3.05, 3.63) is 88.4 Å². The van der Waals surface area contributed by atoms with Crippen LogP contribution in [-0.4, -0.2) is 32.8 Å². The number of hydrogen-bond acceptors (Lipinski definition) is 5. The molecule has 0 radical (unpaired) electrons. The summed E-state index contributed by atoms with van der Waals surface area (Å²) in [5.74, 6) is -2.24. The van der Waals surface area contributed by atoms with Crippen LogP contribution in [0.4, 0.5) is 35.1 Å². The standard InChI is InChI=1S/C28H21F8N5O/c1-2-8-42-16-6-7-17(19(10-16)27(31,32)33)25-20(28(34,35)36)9-15(11-37-25)13-41-14-23-22(12-38-41)39-26(40-23)18-4-3-5-21(29)24(18)30/h3-7,9-12H,2,8,13-14H2,1H3,(H,39,40). The van der Waals surface area contributed by atoms with Gasteiger partial charge in [-0.2, -0.15) is 31.4 Å². The fourth-order valence-corrected chi connectivity index (χ4v) is 4.42. The number of imidazole rings is 1. The number of aromatic nitrogens is 3. The fraction of sp³-hybridized carbons (Fsp3) is 0.250. The second-order valence-corrected chi connectivity index (χ2v) is 9.41. The summed E-state index contributed by atoms with van der Waals surface area (Å²) in [6, 6.07) is 7.08. The maximum absolute atomic E-state index is 14.2. The van der Waals surface area contributed by atoms with Gasteiger partial charge in [0.15, 0.2) is 11.6 Å². The summed E-state index contributed by atoms with van der Waals surface area (Å²) in [6.07, 6.45) is -7.09. The number of halogens is 8. The lowest BCUT2D eigenvalue weighted by Crippen LogP contribution is -2.22. The molecular weight excluding hydrogens is 574 g/mol. The number of ether oxygens (including phenoxy) is 1. The van der Waals surface area contributed by atoms with Crippen molar-refractivity contribution in [2.45, 2.75) is 38.8 Å². The van der Waals surface area contributed by atoms with Gasteiger partial charge in [-0.05, 0) is 48.4 Å². The topological polar surface area (TPSA) is 66.4 Å². The number of alkyl halides is 6. The summed E-state index contributed by atoms with van der Waals surface area (Å²) in [5.41, 5.74) is -3.57. The molecule has 0 unspecified atom stereocenters. The van der Waals surface area contributed by atoms with Crippen LogP contribution in [0.3, 0.4) is 0 Å². The van der Waals surface area contributed by atoms with E-state index in [1.54, 1.807) is 6.92 Å². The largest absolute Gasteiger partial charge is 0.494 e. The Balaban J connectivity index is 1.43. The predicted molar refractivity (Wildman–Crippen MR) is 136 cm³/mol. The molecule has 4 aromatic rings. The van der Waals surface area contributed by atoms with Gasteiger partial charge in [-0.25, -0.2) is 13.8 Å². The van der Waals surface area contributed by atoms with E-state index >= 15 is 0 Å². The fourth-order valence-electron chi connectivity index (χ4n) is 4.42. The number of pyridine rings is 1. The highest BCUT2D eigenvalue weighted by Crippen LogP contribution is 2.43. The minimum Gasteiger partial charge on any atom is -0.494 e. The van der Waals surface area contributed by atoms with Crippen LogP contribution in [0, 0.1) is 11.6 Å². The highest BCUT2D eigenvalue weighted by atomic mass is 19.4. The zero-order chi connectivity index (χ0) is 30.2. The van der Waals surface area contributed by atoms with Crippen molar-refractivity contribution >= 4 is 6.21 Å². The van der Waals surface area contributed by atoms with Gasteiger partial charge in [-0.15, -0.1) is 0 Å². The average molecular weight is 595 g/mol. The van der Waals surface area contributed by atoms with Crippen LogP contribution in [0.1, 0.15) is 41.4 Å². The van der Waals surface area contributed by atoms with E-state index < -0.39 is 46.4 Å². The summed E-state index contributed by atoms with van der Waals surface area (Å²) < 4.78 is 117. The number of fused-ring (bicyclic) bond motifs is 1. The molecule has 0 aliphatic carbocycles. The van der Waals surface area contributed by atoms with Gasteiger partial charge in [0.05, 0.1) is 59.7 Å². The van der Waals surface area contributed by atoms with Crippen molar-refractivity contribution < 1.29 is 39.9 Å². The molecule has 1 N–H and O–H groups in total. The molecule has 3 heterocycles. The Kier molecular flexibility index (Phi) is 7.64. The van der Waals surface area contributed by atoms with Gasteiger partial charge in [0, 0.05) is 11.8 Å². The number of nitrogens with zero attached hydrogens (tertiary/aromatic N) is 4. The maximum atomic E-state index is 14.2. The number of rotatable bonds is 7. The van der Waals surface area contributed by atoms with Crippen LogP contribution >= 0.6 is 0 Å². The smallest absolute Gasteiger partial charge is 0.418 e. The Hall–Kier alpha value is -4.49. The number of H-pyrrole nitrogens is 1. The lowest BCUT2D eigenvalue weighted by atomic mass is 9.98. The van der Waals surface area contributed by atoms with Crippen LogP contribution in [0.25, 0.3) is 22.6 Å². The van der Waals surface area contributed by atoms with Gasteiger partial charge in [0.2, 0.25) is 0 Å². The Morgan fingerprint density at radius 1 is 0.952 bits per heavy atom. The molecule has 5 rings (SSSR count). The molecular formula is C28H21F8N5O. The third-order valence-corrected chi connectivity index (χ3v) is 6.34. The molecule has 0 saturated heterocycles. The molecule has 1 aliphatic heterocycles. The van der Waals surface area contributed by atoms with Crippen molar-refractivity contribution in [1.29, 1.82) is 0 Å². The van der Waals surface area contributed by atoms with Crippen molar-refractivity contribution in [2.75, 3.05) is 6.61 Å². The summed E-state index contributed by atoms with van der Waals surface area (Å²) in [5, 5.41) is 5.52. The Bertz CT molecular complexity index is 1640. The normalized spacial score (nSPS) is 13.4. The van der Waals surface area contributed by atoms with E-state index in [-0.39, 0.29) is 42.4 Å². The first-order valence-corrected chi connectivity index (χ1v) is 12.6. The van der Waals surface area contributed by atoms with Crippen molar-refractivity contribution in [3.8, 4) is 28.4 Å². The molecule has 0 saturated carbocycles. The summed E-state index contributed by atoms with van der Waals surface area (Å²) in [4.78, 5) is 10.9. The van der Waals surface area contributed by atoms with E-state index in [1.165, 1.54) is 29.4 Å². The van der Waals surface area contributed by atoms with Crippen LogP contribution in [0.2, 0.25) is 0 Å². The first-order chi connectivity index (χ1) is 19.8. The maximum Gasteiger partial charge on any atom is 0.418 e. The molecule has 2 aromatic carbocycles. The lowest BCUT2D eigenvalue weighted by molar-refractivity contribution is -0.139. The molecule has 220 valence electrons. The quantitative estimate of drug-likeness (QED) is 0.224. The first kappa shape index (κ1) is 29.0. The van der Waals surface area contributed by atoms with Crippen LogP contribution in [-0.2, 0) is 25.4 Å². The van der Waals surface area contributed by atoms with Crippen LogP contribution < -0.4 is 4.74 Å². The van der Waals surface area contributed by atoms with Crippen LogP contribution in [0.5, 0.6) is 5.75 Å². The van der Waals surface area contributed by atoms with E-state index in [0.717, 1.165) is 24.4 Å². The van der Waals surface area contributed by atoms with Crippen molar-refractivity contribution in [3.63, 3.8) is 0 Å². The van der Waals surface area contributed by atoms with Gasteiger partial charge < -0.3 is 9.72 Å². The number of benzene rings is 2. The van der Waals surface area contributed by atoms with Crippen molar-refractivity contribution in [1.82, 2.24) is 20.0 Å². The second-order valence-electron chi connectivity index (χ2n) is 9.41. The third kappa shape index (κ3) is 5.92. The summed E-state index contributed by atoms with van der Waals surface area (Å²) in [6.45, 7) is 1.70. The van der Waals surface area contributed by atoms with E-state index in [2.05, 4.69) is 20.1 Å². The number of aromatic amines is 1. The molecule has 14 heteroatoms. The molecule has 6 nitrogen and oxygen atoms in total. The Labute approximate surface area is 233 Å². The molecule has 0 atom stereocenters. The lowest BCUT2D eigenvalue weighted by Gasteiger charge is -2.22. The highest BCUT2D eigenvalue weighted by molar-refractivity contribution is 5.81. The van der Waals surface area contributed by atoms with Gasteiger partial charge in [0.1, 0.15) is 11.6 Å². The number of hydrogen-bond donors (Lipinski definition) is 1. The summed E-state index contributed by atoms with van der Waals surface area (Å²) in [7, 11) is 0. The van der Waals surface area contributed by atoms with Gasteiger partial charge in [-0.3, -0.25) is 9.99 Å². The zero-order valence-electron chi connectivity index (χ0n) is 21.7. The van der Waals surface area contributed by atoms with Gasteiger partial charge >= 0.3 is 12.4 Å². The summed E-state index contributed by atoms with van der Waals surface area (Å²) >= 11 is 0. The number of nitrogens with one attached hydrogen (secondary N) is 1. The SMILES string of the molecule is CCCOc1ccc(-c2ncc(CN3Cc4nc(-c5cccc(F)c5F)[nH]c4C=N3)cc2C(F)(F)F)c(C(F)(F)F)c1. The molecule has 0 spiro atoms.